The van der Waals surface area contributed by atoms with Gasteiger partial charge in [0.2, 0.25) is 5.88 Å². The number of aromatic nitrogens is 1. The SMILES string of the molecule is CNc1ccccc1C(=O)NCc1cccnc1OC. The summed E-state index contributed by atoms with van der Waals surface area (Å²) >= 11 is 0. The Bertz CT molecular complexity index is 599. The normalized spacial score (nSPS) is 9.90. The van der Waals surface area contributed by atoms with Crippen LogP contribution < -0.4 is 15.4 Å². The molecule has 0 atom stereocenters. The molecule has 5 nitrogen and oxygen atoms in total. The highest BCUT2D eigenvalue weighted by atomic mass is 16.5. The van der Waals surface area contributed by atoms with E-state index in [1.807, 2.05) is 30.3 Å². The Morgan fingerprint density at radius 3 is 2.80 bits per heavy atom. The van der Waals surface area contributed by atoms with Crippen LogP contribution in [0, 0.1) is 0 Å². The smallest absolute Gasteiger partial charge is 0.253 e. The predicted octanol–water partition coefficient (Wildman–Crippen LogP) is 2.06. The van der Waals surface area contributed by atoms with E-state index in [9.17, 15) is 4.79 Å². The van der Waals surface area contributed by atoms with E-state index in [2.05, 4.69) is 15.6 Å². The Balaban J connectivity index is 2.09. The molecule has 1 aromatic heterocycles. The van der Waals surface area contributed by atoms with Gasteiger partial charge in [-0.25, -0.2) is 4.98 Å². The summed E-state index contributed by atoms with van der Waals surface area (Å²) in [6.07, 6.45) is 1.65. The van der Waals surface area contributed by atoms with Crippen LogP contribution in [-0.4, -0.2) is 25.0 Å². The predicted molar refractivity (Wildman–Crippen MR) is 77.9 cm³/mol. The summed E-state index contributed by atoms with van der Waals surface area (Å²) in [5.74, 6) is 0.385. The molecule has 1 aromatic carbocycles. The van der Waals surface area contributed by atoms with E-state index in [0.29, 0.717) is 18.0 Å². The summed E-state index contributed by atoms with van der Waals surface area (Å²) in [5.41, 5.74) is 2.24. The zero-order valence-electron chi connectivity index (χ0n) is 11.5. The number of carbonyl (C=O) groups is 1. The van der Waals surface area contributed by atoms with Gasteiger partial charge in [-0.3, -0.25) is 4.79 Å². The van der Waals surface area contributed by atoms with Gasteiger partial charge in [0.1, 0.15) is 0 Å². The van der Waals surface area contributed by atoms with Crippen LogP contribution in [0.2, 0.25) is 0 Å². The molecule has 2 aromatic rings. The van der Waals surface area contributed by atoms with E-state index in [4.69, 9.17) is 4.74 Å². The van der Waals surface area contributed by atoms with Gasteiger partial charge >= 0.3 is 0 Å². The van der Waals surface area contributed by atoms with Gasteiger partial charge < -0.3 is 15.4 Å². The van der Waals surface area contributed by atoms with E-state index >= 15 is 0 Å². The highest BCUT2D eigenvalue weighted by molar-refractivity contribution is 5.99. The molecule has 1 heterocycles. The molecule has 20 heavy (non-hydrogen) atoms. The molecule has 0 saturated heterocycles. The molecule has 0 aliphatic rings. The second-order valence-electron chi connectivity index (χ2n) is 4.15. The molecule has 0 aliphatic carbocycles. The molecule has 0 spiro atoms. The molecule has 2 N–H and O–H groups in total. The zero-order chi connectivity index (χ0) is 14.4. The highest BCUT2D eigenvalue weighted by Crippen LogP contribution is 2.16. The van der Waals surface area contributed by atoms with Crippen LogP contribution in [0.25, 0.3) is 0 Å². The first-order chi connectivity index (χ1) is 9.76. The molecule has 0 unspecified atom stereocenters. The van der Waals surface area contributed by atoms with E-state index in [-0.39, 0.29) is 5.91 Å². The van der Waals surface area contributed by atoms with Crippen molar-refractivity contribution in [3.63, 3.8) is 0 Å². The number of pyridine rings is 1. The molecule has 0 radical (unpaired) electrons. The molecule has 1 amide bonds. The van der Waals surface area contributed by atoms with E-state index in [1.165, 1.54) is 0 Å². The van der Waals surface area contributed by atoms with Gasteiger partial charge in [0.15, 0.2) is 0 Å². The van der Waals surface area contributed by atoms with Crippen LogP contribution >= 0.6 is 0 Å². The molecule has 0 fully saturated rings. The fraction of sp³-hybridized carbons (Fsp3) is 0.200. The quantitative estimate of drug-likeness (QED) is 0.873. The summed E-state index contributed by atoms with van der Waals surface area (Å²) in [4.78, 5) is 16.3. The molecule has 0 bridgehead atoms. The Morgan fingerprint density at radius 2 is 2.05 bits per heavy atom. The van der Waals surface area contributed by atoms with Crippen molar-refractivity contribution >= 4 is 11.6 Å². The van der Waals surface area contributed by atoms with Crippen molar-refractivity contribution < 1.29 is 9.53 Å². The van der Waals surface area contributed by atoms with Crippen LogP contribution in [0.4, 0.5) is 5.69 Å². The molecular weight excluding hydrogens is 254 g/mol. The number of carbonyl (C=O) groups excluding carboxylic acids is 1. The number of methoxy groups -OCH3 is 1. The minimum atomic E-state index is -0.138. The summed E-state index contributed by atoms with van der Waals surface area (Å²) in [5, 5.41) is 5.87. The van der Waals surface area contributed by atoms with Crippen LogP contribution in [0.1, 0.15) is 15.9 Å². The Kier molecular flexibility index (Phi) is 4.55. The number of ether oxygens (including phenoxy) is 1. The number of anilines is 1. The van der Waals surface area contributed by atoms with Crippen molar-refractivity contribution in [3.05, 3.63) is 53.7 Å². The highest BCUT2D eigenvalue weighted by Gasteiger charge is 2.11. The molecular formula is C15H17N3O2. The van der Waals surface area contributed by atoms with E-state index in [1.54, 1.807) is 26.4 Å². The third kappa shape index (κ3) is 3.06. The third-order valence-electron chi connectivity index (χ3n) is 2.92. The Morgan fingerprint density at radius 1 is 1.25 bits per heavy atom. The lowest BCUT2D eigenvalue weighted by Crippen LogP contribution is -2.24. The van der Waals surface area contributed by atoms with E-state index < -0.39 is 0 Å². The van der Waals surface area contributed by atoms with Gasteiger partial charge in [-0.2, -0.15) is 0 Å². The van der Waals surface area contributed by atoms with Crippen LogP contribution in [0.3, 0.4) is 0 Å². The van der Waals surface area contributed by atoms with Gasteiger partial charge in [0.05, 0.1) is 12.7 Å². The topological polar surface area (TPSA) is 63.2 Å². The van der Waals surface area contributed by atoms with Crippen molar-refractivity contribution in [3.8, 4) is 5.88 Å². The van der Waals surface area contributed by atoms with Crippen molar-refractivity contribution in [2.24, 2.45) is 0 Å². The number of para-hydroxylation sites is 1. The second kappa shape index (κ2) is 6.56. The minimum Gasteiger partial charge on any atom is -0.481 e. The fourth-order valence-corrected chi connectivity index (χ4v) is 1.91. The van der Waals surface area contributed by atoms with Gasteiger partial charge in [0, 0.05) is 31.0 Å². The average Bonchev–Trinajstić information content (AvgIpc) is 2.52. The maximum atomic E-state index is 12.2. The Hall–Kier alpha value is -2.56. The first-order valence-corrected chi connectivity index (χ1v) is 6.29. The van der Waals surface area contributed by atoms with Gasteiger partial charge in [-0.1, -0.05) is 18.2 Å². The number of nitrogens with zero attached hydrogens (tertiary/aromatic N) is 1. The number of amides is 1. The summed E-state index contributed by atoms with van der Waals surface area (Å²) < 4.78 is 5.15. The molecule has 0 aliphatic heterocycles. The summed E-state index contributed by atoms with van der Waals surface area (Å²) in [6.45, 7) is 0.369. The maximum Gasteiger partial charge on any atom is 0.253 e. The lowest BCUT2D eigenvalue weighted by atomic mass is 10.1. The first-order valence-electron chi connectivity index (χ1n) is 6.29. The molecule has 104 valence electrons. The van der Waals surface area contributed by atoms with E-state index in [0.717, 1.165) is 11.3 Å². The Labute approximate surface area is 118 Å². The molecule has 2 rings (SSSR count). The lowest BCUT2D eigenvalue weighted by molar-refractivity contribution is 0.0951. The van der Waals surface area contributed by atoms with Crippen molar-refractivity contribution in [1.29, 1.82) is 0 Å². The monoisotopic (exact) mass is 271 g/mol. The molecule has 5 heteroatoms. The third-order valence-corrected chi connectivity index (χ3v) is 2.92. The van der Waals surface area contributed by atoms with Crippen molar-refractivity contribution in [2.45, 2.75) is 6.54 Å². The summed E-state index contributed by atoms with van der Waals surface area (Å²) in [6, 6.07) is 11.0. The first kappa shape index (κ1) is 13.9. The van der Waals surface area contributed by atoms with Crippen molar-refractivity contribution in [2.75, 3.05) is 19.5 Å². The summed E-state index contributed by atoms with van der Waals surface area (Å²) in [7, 11) is 3.35. The standard InChI is InChI=1S/C15H17N3O2/c1-16-13-8-4-3-7-12(13)14(19)18-10-11-6-5-9-17-15(11)20-2/h3-9,16H,10H2,1-2H3,(H,18,19). The van der Waals surface area contributed by atoms with Gasteiger partial charge in [-0.15, -0.1) is 0 Å². The average molecular weight is 271 g/mol. The van der Waals surface area contributed by atoms with Crippen molar-refractivity contribution in [1.82, 2.24) is 10.3 Å². The second-order valence-corrected chi connectivity index (χ2v) is 4.15. The lowest BCUT2D eigenvalue weighted by Gasteiger charge is -2.11. The van der Waals surface area contributed by atoms with Crippen LogP contribution in [-0.2, 0) is 6.54 Å². The number of hydrogen-bond donors (Lipinski definition) is 2. The maximum absolute atomic E-state index is 12.2. The fourth-order valence-electron chi connectivity index (χ4n) is 1.91. The van der Waals surface area contributed by atoms with Gasteiger partial charge in [0.25, 0.3) is 5.91 Å². The number of rotatable bonds is 5. The van der Waals surface area contributed by atoms with Crippen LogP contribution in [0.5, 0.6) is 5.88 Å². The minimum absolute atomic E-state index is 0.138. The number of hydrogen-bond acceptors (Lipinski definition) is 4. The molecule has 0 saturated carbocycles. The van der Waals surface area contributed by atoms with Gasteiger partial charge in [-0.05, 0) is 18.2 Å². The number of nitrogens with one attached hydrogen (secondary N) is 2. The zero-order valence-corrected chi connectivity index (χ0v) is 11.5. The van der Waals surface area contributed by atoms with Crippen LogP contribution in [0.15, 0.2) is 42.6 Å². The largest absolute Gasteiger partial charge is 0.481 e. The number of benzene rings is 1.